The van der Waals surface area contributed by atoms with Gasteiger partial charge in [-0.1, -0.05) is 17.0 Å². The molecule has 0 amide bonds. The summed E-state index contributed by atoms with van der Waals surface area (Å²) in [4.78, 5) is 2.52. The van der Waals surface area contributed by atoms with Gasteiger partial charge in [-0.25, -0.2) is 4.39 Å². The summed E-state index contributed by atoms with van der Waals surface area (Å²) < 4.78 is 18.3. The summed E-state index contributed by atoms with van der Waals surface area (Å²) in [7, 11) is 1.43. The fraction of sp³-hybridized carbons (Fsp3) is 0.200. The number of nitrogens with two attached hydrogens (primary N) is 1. The molecule has 0 radical (unpaired) electrons. The van der Waals surface area contributed by atoms with Gasteiger partial charge >= 0.3 is 0 Å². The van der Waals surface area contributed by atoms with Crippen molar-refractivity contribution in [2.75, 3.05) is 19.4 Å². The van der Waals surface area contributed by atoms with Crippen molar-refractivity contribution in [2.24, 2.45) is 5.11 Å². The molecule has 0 spiro atoms. The number of azide groups is 1. The normalized spacial score (nSPS) is 8.62. The van der Waals surface area contributed by atoms with Gasteiger partial charge in [-0.2, -0.15) is 0 Å². The Morgan fingerprint density at radius 1 is 1.62 bits per heavy atom. The molecular weight excluding hydrogens is 211 g/mol. The Labute approximate surface area is 91.6 Å². The minimum absolute atomic E-state index is 0.0113. The van der Waals surface area contributed by atoms with Crippen LogP contribution in [0.25, 0.3) is 10.4 Å². The summed E-state index contributed by atoms with van der Waals surface area (Å²) in [5, 5.41) is 3.21. The molecular formula is C10H9FN4O. The molecule has 0 bridgehead atoms. The Bertz CT molecular complexity index is 498. The number of hydrogen-bond donors (Lipinski definition) is 1. The van der Waals surface area contributed by atoms with E-state index < -0.39 is 5.82 Å². The van der Waals surface area contributed by atoms with E-state index in [-0.39, 0.29) is 17.8 Å². The van der Waals surface area contributed by atoms with Gasteiger partial charge in [0.2, 0.25) is 0 Å². The molecule has 0 saturated carbocycles. The van der Waals surface area contributed by atoms with E-state index in [1.54, 1.807) is 0 Å². The van der Waals surface area contributed by atoms with Crippen LogP contribution >= 0.6 is 0 Å². The Morgan fingerprint density at radius 2 is 2.38 bits per heavy atom. The maximum Gasteiger partial charge on any atom is 0.143 e. The van der Waals surface area contributed by atoms with Gasteiger partial charge in [0.1, 0.15) is 11.6 Å². The highest BCUT2D eigenvalue weighted by Gasteiger charge is 2.05. The molecule has 1 rings (SSSR count). The number of anilines is 1. The van der Waals surface area contributed by atoms with Crippen molar-refractivity contribution in [3.63, 3.8) is 0 Å². The van der Waals surface area contributed by atoms with Gasteiger partial charge in [-0.15, -0.1) is 0 Å². The molecule has 0 unspecified atom stereocenters. The molecule has 2 N–H and O–H groups in total. The first-order valence-corrected chi connectivity index (χ1v) is 4.31. The highest BCUT2D eigenvalue weighted by molar-refractivity contribution is 5.57. The predicted octanol–water partition coefficient (Wildman–Crippen LogP) is 2.08. The van der Waals surface area contributed by atoms with Gasteiger partial charge in [0, 0.05) is 17.0 Å². The van der Waals surface area contributed by atoms with Crippen LogP contribution in [0.5, 0.6) is 5.75 Å². The van der Waals surface area contributed by atoms with Gasteiger partial charge in [0.15, 0.2) is 0 Å². The zero-order chi connectivity index (χ0) is 12.0. The predicted molar refractivity (Wildman–Crippen MR) is 58.3 cm³/mol. The minimum atomic E-state index is -0.535. The molecule has 0 aliphatic heterocycles. The number of ether oxygens (including phenoxy) is 1. The molecule has 6 heteroatoms. The quantitative estimate of drug-likeness (QED) is 0.272. The third-order valence-corrected chi connectivity index (χ3v) is 1.76. The lowest BCUT2D eigenvalue weighted by molar-refractivity contribution is 0.416. The van der Waals surface area contributed by atoms with Crippen molar-refractivity contribution in [1.29, 1.82) is 0 Å². The van der Waals surface area contributed by atoms with E-state index in [9.17, 15) is 4.39 Å². The van der Waals surface area contributed by atoms with Crippen LogP contribution in [0.2, 0.25) is 0 Å². The maximum atomic E-state index is 13.3. The summed E-state index contributed by atoms with van der Waals surface area (Å²) in [5.41, 5.74) is 13.9. The molecule has 0 aliphatic carbocycles. The van der Waals surface area contributed by atoms with E-state index in [2.05, 4.69) is 21.9 Å². The highest BCUT2D eigenvalue weighted by Crippen LogP contribution is 2.24. The number of methoxy groups -OCH3 is 1. The minimum Gasteiger partial charge on any atom is -0.495 e. The molecule has 1 aromatic carbocycles. The number of rotatable bonds is 2. The second-order valence-corrected chi connectivity index (χ2v) is 2.76. The van der Waals surface area contributed by atoms with Gasteiger partial charge in [-0.05, 0) is 5.53 Å². The summed E-state index contributed by atoms with van der Waals surface area (Å²) >= 11 is 0. The van der Waals surface area contributed by atoms with Crippen LogP contribution in [-0.4, -0.2) is 13.7 Å². The van der Waals surface area contributed by atoms with E-state index in [1.807, 2.05) is 0 Å². The van der Waals surface area contributed by atoms with Crippen LogP contribution in [0.1, 0.15) is 5.56 Å². The standard InChI is InChI=1S/C10H9FN4O/c1-16-10-5-7(3-2-4-14-15-13)8(11)6-9(10)12/h5-6H,4,12H2,1H3. The van der Waals surface area contributed by atoms with E-state index in [1.165, 1.54) is 13.2 Å². The molecule has 0 saturated heterocycles. The van der Waals surface area contributed by atoms with Gasteiger partial charge in [-0.3, -0.25) is 0 Å². The summed E-state index contributed by atoms with van der Waals surface area (Å²) in [6, 6.07) is 2.53. The molecule has 0 aliphatic rings. The lowest BCUT2D eigenvalue weighted by Gasteiger charge is -2.04. The molecule has 0 atom stereocenters. The molecule has 0 fully saturated rings. The molecule has 82 valence electrons. The van der Waals surface area contributed by atoms with Crippen LogP contribution in [0.3, 0.4) is 0 Å². The van der Waals surface area contributed by atoms with Crippen LogP contribution in [0.4, 0.5) is 10.1 Å². The molecule has 16 heavy (non-hydrogen) atoms. The molecule has 0 heterocycles. The van der Waals surface area contributed by atoms with Crippen molar-refractivity contribution in [3.05, 3.63) is 34.0 Å². The number of nitrogens with zero attached hydrogens (tertiary/aromatic N) is 3. The lowest BCUT2D eigenvalue weighted by atomic mass is 10.2. The van der Waals surface area contributed by atoms with Gasteiger partial charge < -0.3 is 10.5 Å². The van der Waals surface area contributed by atoms with Gasteiger partial charge in [0.25, 0.3) is 0 Å². The Balaban J connectivity index is 3.02. The van der Waals surface area contributed by atoms with Crippen LogP contribution in [-0.2, 0) is 0 Å². The fourth-order valence-electron chi connectivity index (χ4n) is 1.04. The van der Waals surface area contributed by atoms with Crippen molar-refractivity contribution >= 4 is 5.69 Å². The van der Waals surface area contributed by atoms with Crippen molar-refractivity contribution in [1.82, 2.24) is 0 Å². The van der Waals surface area contributed by atoms with Crippen molar-refractivity contribution in [2.45, 2.75) is 0 Å². The first-order chi connectivity index (χ1) is 7.69. The number of nitrogen functional groups attached to an aromatic ring is 1. The van der Waals surface area contributed by atoms with Crippen LogP contribution in [0.15, 0.2) is 17.2 Å². The number of halogens is 1. The maximum absolute atomic E-state index is 13.3. The number of benzene rings is 1. The highest BCUT2D eigenvalue weighted by atomic mass is 19.1. The van der Waals surface area contributed by atoms with E-state index in [4.69, 9.17) is 16.0 Å². The lowest BCUT2D eigenvalue weighted by Crippen LogP contribution is -1.95. The Morgan fingerprint density at radius 3 is 3.00 bits per heavy atom. The monoisotopic (exact) mass is 220 g/mol. The van der Waals surface area contributed by atoms with Crippen LogP contribution < -0.4 is 10.5 Å². The van der Waals surface area contributed by atoms with E-state index >= 15 is 0 Å². The zero-order valence-electron chi connectivity index (χ0n) is 8.57. The summed E-state index contributed by atoms with van der Waals surface area (Å²) in [5.74, 6) is 4.85. The molecule has 1 aromatic rings. The average Bonchev–Trinajstić information content (AvgIpc) is 2.27. The number of hydrogen-bond acceptors (Lipinski definition) is 3. The topological polar surface area (TPSA) is 84.0 Å². The smallest absolute Gasteiger partial charge is 0.143 e. The van der Waals surface area contributed by atoms with Crippen LogP contribution in [0, 0.1) is 17.7 Å². The van der Waals surface area contributed by atoms with Crippen molar-refractivity contribution < 1.29 is 9.13 Å². The third-order valence-electron chi connectivity index (χ3n) is 1.76. The second-order valence-electron chi connectivity index (χ2n) is 2.76. The third kappa shape index (κ3) is 2.80. The largest absolute Gasteiger partial charge is 0.495 e. The fourth-order valence-corrected chi connectivity index (χ4v) is 1.04. The van der Waals surface area contributed by atoms with E-state index in [0.717, 1.165) is 6.07 Å². The SMILES string of the molecule is COc1cc(C#CCN=[N+]=[N-])c(F)cc1N. The zero-order valence-corrected chi connectivity index (χ0v) is 8.57. The summed E-state index contributed by atoms with van der Waals surface area (Å²) in [6.07, 6.45) is 0. The first kappa shape index (κ1) is 11.7. The molecule has 0 aromatic heterocycles. The Kier molecular flexibility index (Phi) is 4.01. The first-order valence-electron chi connectivity index (χ1n) is 4.31. The summed E-state index contributed by atoms with van der Waals surface area (Å²) in [6.45, 7) is -0.0113. The average molecular weight is 220 g/mol. The van der Waals surface area contributed by atoms with E-state index in [0.29, 0.717) is 5.75 Å². The second kappa shape index (κ2) is 5.49. The Hall–Kier alpha value is -2.38. The van der Waals surface area contributed by atoms with Crippen molar-refractivity contribution in [3.8, 4) is 17.6 Å². The van der Waals surface area contributed by atoms with Gasteiger partial charge in [0.05, 0.1) is 24.9 Å². The molecule has 5 nitrogen and oxygen atoms in total.